The number of rotatable bonds is 5. The normalized spacial score (nSPS) is 16.9. The lowest BCUT2D eigenvalue weighted by atomic mass is 10.1. The van der Waals surface area contributed by atoms with Gasteiger partial charge in [0.25, 0.3) is 0 Å². The minimum Gasteiger partial charge on any atom is -0.377 e. The maximum atomic E-state index is 11.9. The number of nitrogens with zero attached hydrogens (tertiary/aromatic N) is 4. The zero-order chi connectivity index (χ0) is 16.8. The highest BCUT2D eigenvalue weighted by molar-refractivity contribution is 5.77. The van der Waals surface area contributed by atoms with Crippen molar-refractivity contribution in [2.75, 3.05) is 65.8 Å². The summed E-state index contributed by atoms with van der Waals surface area (Å²) < 4.78 is 0. The van der Waals surface area contributed by atoms with Gasteiger partial charge in [-0.2, -0.15) is 0 Å². The maximum Gasteiger partial charge on any atom is 0.236 e. The van der Waals surface area contributed by atoms with Gasteiger partial charge in [-0.15, -0.1) is 0 Å². The lowest BCUT2D eigenvalue weighted by Gasteiger charge is -2.24. The van der Waals surface area contributed by atoms with Crippen molar-refractivity contribution >= 4 is 11.6 Å². The molecule has 1 heterocycles. The number of benzene rings is 1. The van der Waals surface area contributed by atoms with Gasteiger partial charge in [0, 0.05) is 53.5 Å². The molecule has 0 unspecified atom stereocenters. The van der Waals surface area contributed by atoms with Gasteiger partial charge >= 0.3 is 0 Å². The van der Waals surface area contributed by atoms with Crippen LogP contribution in [0.5, 0.6) is 0 Å². The number of anilines is 1. The molecule has 1 saturated heterocycles. The largest absolute Gasteiger partial charge is 0.377 e. The van der Waals surface area contributed by atoms with Gasteiger partial charge in [-0.1, -0.05) is 18.2 Å². The summed E-state index contributed by atoms with van der Waals surface area (Å²) in [5, 5.41) is 0. The fraction of sp³-hybridized carbons (Fsp3) is 0.611. The summed E-state index contributed by atoms with van der Waals surface area (Å²) in [4.78, 5) is 20.5. The van der Waals surface area contributed by atoms with Crippen LogP contribution in [0.1, 0.15) is 12.0 Å². The van der Waals surface area contributed by atoms with Crippen LogP contribution in [0.2, 0.25) is 0 Å². The topological polar surface area (TPSA) is 30.0 Å². The molecule has 1 aliphatic heterocycles. The summed E-state index contributed by atoms with van der Waals surface area (Å²) in [7, 11) is 7.83. The first-order chi connectivity index (χ1) is 11.0. The van der Waals surface area contributed by atoms with Gasteiger partial charge in [0.15, 0.2) is 0 Å². The highest BCUT2D eigenvalue weighted by Gasteiger charge is 2.18. The number of para-hydroxylation sites is 1. The van der Waals surface area contributed by atoms with Crippen LogP contribution in [0.3, 0.4) is 0 Å². The first kappa shape index (κ1) is 17.8. The molecule has 1 aromatic carbocycles. The fourth-order valence-electron chi connectivity index (χ4n) is 3.00. The Balaban J connectivity index is 1.92. The molecule has 128 valence electrons. The SMILES string of the molecule is CN(C)C(=O)CN1CCCN(Cc2ccccc2N(C)C)CC1. The maximum absolute atomic E-state index is 11.9. The van der Waals surface area contributed by atoms with Crippen molar-refractivity contribution in [2.45, 2.75) is 13.0 Å². The molecule has 23 heavy (non-hydrogen) atoms. The predicted molar refractivity (Wildman–Crippen MR) is 95.8 cm³/mol. The molecule has 0 spiro atoms. The van der Waals surface area contributed by atoms with E-state index in [2.05, 4.69) is 53.1 Å². The molecule has 1 aliphatic rings. The van der Waals surface area contributed by atoms with E-state index in [0.29, 0.717) is 6.54 Å². The molecule has 0 radical (unpaired) electrons. The van der Waals surface area contributed by atoms with Crippen LogP contribution in [0.25, 0.3) is 0 Å². The van der Waals surface area contributed by atoms with Crippen LogP contribution >= 0.6 is 0 Å². The number of carbonyl (C=O) groups is 1. The van der Waals surface area contributed by atoms with E-state index in [4.69, 9.17) is 0 Å². The summed E-state index contributed by atoms with van der Waals surface area (Å²) in [6, 6.07) is 8.60. The molecule has 0 saturated carbocycles. The van der Waals surface area contributed by atoms with Crippen LogP contribution in [-0.2, 0) is 11.3 Å². The van der Waals surface area contributed by atoms with Gasteiger partial charge in [0.1, 0.15) is 0 Å². The van der Waals surface area contributed by atoms with E-state index in [9.17, 15) is 4.79 Å². The van der Waals surface area contributed by atoms with Crippen molar-refractivity contribution in [2.24, 2.45) is 0 Å². The molecule has 1 amide bonds. The van der Waals surface area contributed by atoms with Crippen molar-refractivity contribution < 1.29 is 4.79 Å². The van der Waals surface area contributed by atoms with E-state index in [1.807, 2.05) is 14.1 Å². The highest BCUT2D eigenvalue weighted by Crippen LogP contribution is 2.20. The zero-order valence-electron chi connectivity index (χ0n) is 15.0. The molecule has 0 aromatic heterocycles. The smallest absolute Gasteiger partial charge is 0.236 e. The van der Waals surface area contributed by atoms with Crippen LogP contribution in [-0.4, -0.2) is 81.5 Å². The molecule has 5 heteroatoms. The third-order valence-corrected chi connectivity index (χ3v) is 4.41. The Bertz CT molecular complexity index is 515. The van der Waals surface area contributed by atoms with Gasteiger partial charge in [-0.25, -0.2) is 0 Å². The molecule has 1 fully saturated rings. The van der Waals surface area contributed by atoms with E-state index in [1.54, 1.807) is 4.90 Å². The molecule has 0 N–H and O–H groups in total. The summed E-state index contributed by atoms with van der Waals surface area (Å²) in [5.41, 5.74) is 2.66. The van der Waals surface area contributed by atoms with Crippen molar-refractivity contribution in [1.82, 2.24) is 14.7 Å². The van der Waals surface area contributed by atoms with Crippen LogP contribution in [0.15, 0.2) is 24.3 Å². The quantitative estimate of drug-likeness (QED) is 0.820. The molecule has 2 rings (SSSR count). The molecule has 0 atom stereocenters. The van der Waals surface area contributed by atoms with Gasteiger partial charge in [-0.3, -0.25) is 14.6 Å². The number of amides is 1. The average Bonchev–Trinajstić information content (AvgIpc) is 2.73. The van der Waals surface area contributed by atoms with Gasteiger partial charge < -0.3 is 9.80 Å². The van der Waals surface area contributed by atoms with Crippen LogP contribution in [0.4, 0.5) is 5.69 Å². The number of likely N-dealkylation sites (N-methyl/N-ethyl adjacent to an activating group) is 1. The Morgan fingerprint density at radius 1 is 1.00 bits per heavy atom. The summed E-state index contributed by atoms with van der Waals surface area (Å²) in [5.74, 6) is 0.191. The Morgan fingerprint density at radius 3 is 2.35 bits per heavy atom. The van der Waals surface area contributed by atoms with Crippen molar-refractivity contribution in [3.05, 3.63) is 29.8 Å². The monoisotopic (exact) mass is 318 g/mol. The minimum atomic E-state index is 0.191. The van der Waals surface area contributed by atoms with Gasteiger partial charge in [-0.05, 0) is 31.1 Å². The minimum absolute atomic E-state index is 0.191. The molecule has 1 aromatic rings. The number of hydrogen-bond donors (Lipinski definition) is 0. The second kappa shape index (κ2) is 8.31. The molecular formula is C18H30N4O. The van der Waals surface area contributed by atoms with E-state index in [1.165, 1.54) is 11.3 Å². The van der Waals surface area contributed by atoms with Gasteiger partial charge in [0.2, 0.25) is 5.91 Å². The van der Waals surface area contributed by atoms with E-state index >= 15 is 0 Å². The first-order valence-electron chi connectivity index (χ1n) is 8.37. The standard InChI is InChI=1S/C18H30N4O/c1-19(2)17-9-6-5-8-16(17)14-21-10-7-11-22(13-12-21)15-18(23)20(3)4/h5-6,8-9H,7,10-15H2,1-4H3. The third-order valence-electron chi connectivity index (χ3n) is 4.41. The van der Waals surface area contributed by atoms with Crippen molar-refractivity contribution in [3.8, 4) is 0 Å². The Morgan fingerprint density at radius 2 is 1.65 bits per heavy atom. The third kappa shape index (κ3) is 5.22. The summed E-state index contributed by atoms with van der Waals surface area (Å²) in [6.45, 7) is 5.59. The Kier molecular flexibility index (Phi) is 6.42. The predicted octanol–water partition coefficient (Wildman–Crippen LogP) is 1.35. The highest BCUT2D eigenvalue weighted by atomic mass is 16.2. The summed E-state index contributed by atoms with van der Waals surface area (Å²) in [6.07, 6.45) is 1.12. The fourth-order valence-corrected chi connectivity index (χ4v) is 3.00. The molecule has 0 aliphatic carbocycles. The lowest BCUT2D eigenvalue weighted by Crippen LogP contribution is -2.38. The van der Waals surface area contributed by atoms with E-state index in [-0.39, 0.29) is 5.91 Å². The summed E-state index contributed by atoms with van der Waals surface area (Å²) >= 11 is 0. The van der Waals surface area contributed by atoms with Crippen molar-refractivity contribution in [1.29, 1.82) is 0 Å². The average molecular weight is 318 g/mol. The number of hydrogen-bond acceptors (Lipinski definition) is 4. The Labute approximate surface area is 140 Å². The van der Waals surface area contributed by atoms with Crippen molar-refractivity contribution in [3.63, 3.8) is 0 Å². The number of carbonyl (C=O) groups excluding carboxylic acids is 1. The lowest BCUT2D eigenvalue weighted by molar-refractivity contribution is -0.129. The van der Waals surface area contributed by atoms with Crippen LogP contribution < -0.4 is 4.90 Å². The second-order valence-corrected chi connectivity index (χ2v) is 6.72. The van der Waals surface area contributed by atoms with E-state index < -0.39 is 0 Å². The Hall–Kier alpha value is -1.59. The zero-order valence-corrected chi connectivity index (χ0v) is 15.0. The van der Waals surface area contributed by atoms with Crippen LogP contribution in [0, 0.1) is 0 Å². The van der Waals surface area contributed by atoms with Gasteiger partial charge in [0.05, 0.1) is 6.54 Å². The van der Waals surface area contributed by atoms with E-state index in [0.717, 1.165) is 39.1 Å². The molecule has 5 nitrogen and oxygen atoms in total. The molecular weight excluding hydrogens is 288 g/mol. The molecule has 0 bridgehead atoms. The first-order valence-corrected chi connectivity index (χ1v) is 8.37. The second-order valence-electron chi connectivity index (χ2n) is 6.72.